The minimum atomic E-state index is 0.426. The normalized spacial score (nSPS) is 13.2. The molecule has 17 heavy (non-hydrogen) atoms. The first-order chi connectivity index (χ1) is 7.88. The van der Waals surface area contributed by atoms with Crippen LogP contribution >= 0.6 is 0 Å². The molecule has 1 atom stereocenters. The Labute approximate surface area is 106 Å². The molecule has 0 heterocycles. The highest BCUT2D eigenvalue weighted by Gasteiger charge is 2.13. The minimum absolute atomic E-state index is 0.426. The second-order valence-electron chi connectivity index (χ2n) is 5.24. The van der Waals surface area contributed by atoms with E-state index in [0.29, 0.717) is 12.6 Å². The smallest absolute Gasteiger partial charge is 0.0239 e. The quantitative estimate of drug-likeness (QED) is 0.868. The summed E-state index contributed by atoms with van der Waals surface area (Å²) in [5.74, 6) is 0. The Bertz CT molecular complexity index is 370. The van der Waals surface area contributed by atoms with Gasteiger partial charge in [0.05, 0.1) is 0 Å². The molecule has 1 rings (SSSR count). The van der Waals surface area contributed by atoms with Crippen molar-refractivity contribution in [2.45, 2.75) is 47.2 Å². The predicted molar refractivity (Wildman–Crippen MR) is 75.4 cm³/mol. The number of nitrogens with zero attached hydrogens (tertiary/aromatic N) is 1. The van der Waals surface area contributed by atoms with Crippen LogP contribution in [0.25, 0.3) is 0 Å². The summed E-state index contributed by atoms with van der Waals surface area (Å²) < 4.78 is 0. The maximum Gasteiger partial charge on any atom is 0.0239 e. The van der Waals surface area contributed by atoms with Crippen LogP contribution in [0.1, 0.15) is 34.7 Å². The van der Waals surface area contributed by atoms with Gasteiger partial charge in [-0.25, -0.2) is 0 Å². The van der Waals surface area contributed by atoms with Crippen LogP contribution in [0.15, 0.2) is 6.07 Å². The van der Waals surface area contributed by atoms with E-state index in [1.54, 1.807) is 0 Å². The van der Waals surface area contributed by atoms with Crippen LogP contribution in [-0.4, -0.2) is 24.5 Å². The maximum absolute atomic E-state index is 5.72. The predicted octanol–water partition coefficient (Wildman–Crippen LogP) is 2.70. The zero-order chi connectivity index (χ0) is 13.2. The summed E-state index contributed by atoms with van der Waals surface area (Å²) in [6, 6.07) is 2.70. The van der Waals surface area contributed by atoms with Crippen LogP contribution in [0.2, 0.25) is 0 Å². The van der Waals surface area contributed by atoms with E-state index in [-0.39, 0.29) is 0 Å². The molecule has 1 aromatic carbocycles. The molecule has 0 aliphatic carbocycles. The number of aryl methyl sites for hydroxylation is 2. The number of hydrogen-bond donors (Lipinski definition) is 1. The van der Waals surface area contributed by atoms with E-state index in [2.05, 4.69) is 52.6 Å². The first kappa shape index (κ1) is 14.2. The third-order valence-electron chi connectivity index (χ3n) is 4.02. The second kappa shape index (κ2) is 5.65. The monoisotopic (exact) mass is 234 g/mol. The van der Waals surface area contributed by atoms with Crippen molar-refractivity contribution in [2.24, 2.45) is 5.73 Å². The Morgan fingerprint density at radius 3 is 2.00 bits per heavy atom. The van der Waals surface area contributed by atoms with Crippen LogP contribution in [-0.2, 0) is 6.54 Å². The van der Waals surface area contributed by atoms with Crippen LogP contribution in [0.3, 0.4) is 0 Å². The topological polar surface area (TPSA) is 29.3 Å². The van der Waals surface area contributed by atoms with Gasteiger partial charge in [-0.1, -0.05) is 6.07 Å². The molecule has 2 heteroatoms. The van der Waals surface area contributed by atoms with Crippen molar-refractivity contribution in [3.05, 3.63) is 33.9 Å². The largest absolute Gasteiger partial charge is 0.329 e. The summed E-state index contributed by atoms with van der Waals surface area (Å²) in [5, 5.41) is 0. The summed E-state index contributed by atoms with van der Waals surface area (Å²) in [4.78, 5) is 2.33. The van der Waals surface area contributed by atoms with E-state index < -0.39 is 0 Å². The van der Waals surface area contributed by atoms with Crippen LogP contribution in [0.5, 0.6) is 0 Å². The Morgan fingerprint density at radius 2 is 1.59 bits per heavy atom. The lowest BCUT2D eigenvalue weighted by Crippen LogP contribution is -2.35. The highest BCUT2D eigenvalue weighted by molar-refractivity contribution is 5.43. The highest BCUT2D eigenvalue weighted by atomic mass is 15.1. The van der Waals surface area contributed by atoms with Gasteiger partial charge in [0.2, 0.25) is 0 Å². The molecule has 0 bridgehead atoms. The first-order valence-corrected chi connectivity index (χ1v) is 6.35. The molecule has 0 aromatic heterocycles. The van der Waals surface area contributed by atoms with E-state index in [9.17, 15) is 0 Å². The molecular formula is C15H26N2. The van der Waals surface area contributed by atoms with Crippen molar-refractivity contribution in [1.29, 1.82) is 0 Å². The lowest BCUT2D eigenvalue weighted by molar-refractivity contribution is 0.254. The fourth-order valence-corrected chi connectivity index (χ4v) is 2.12. The molecule has 1 aromatic rings. The van der Waals surface area contributed by atoms with Gasteiger partial charge in [0.15, 0.2) is 0 Å². The number of likely N-dealkylation sites (N-methyl/N-ethyl adjacent to an activating group) is 1. The van der Waals surface area contributed by atoms with Crippen molar-refractivity contribution in [3.8, 4) is 0 Å². The molecule has 0 aliphatic rings. The molecule has 0 fully saturated rings. The summed E-state index contributed by atoms with van der Waals surface area (Å²) in [7, 11) is 2.15. The molecule has 2 N–H and O–H groups in total. The molecule has 0 saturated heterocycles. The van der Waals surface area contributed by atoms with Crippen molar-refractivity contribution < 1.29 is 0 Å². The van der Waals surface area contributed by atoms with Gasteiger partial charge in [-0.2, -0.15) is 0 Å². The molecule has 0 spiro atoms. The molecule has 0 amide bonds. The van der Waals surface area contributed by atoms with Gasteiger partial charge in [-0.3, -0.25) is 4.90 Å². The van der Waals surface area contributed by atoms with Gasteiger partial charge in [0, 0.05) is 19.1 Å². The summed E-state index contributed by atoms with van der Waals surface area (Å²) in [6.45, 7) is 12.7. The second-order valence-corrected chi connectivity index (χ2v) is 5.24. The van der Waals surface area contributed by atoms with Crippen LogP contribution in [0.4, 0.5) is 0 Å². The van der Waals surface area contributed by atoms with Gasteiger partial charge >= 0.3 is 0 Å². The van der Waals surface area contributed by atoms with Crippen molar-refractivity contribution >= 4 is 0 Å². The lowest BCUT2D eigenvalue weighted by atomic mass is 9.94. The number of benzene rings is 1. The Kier molecular flexibility index (Phi) is 4.72. The number of nitrogens with two attached hydrogens (primary N) is 1. The van der Waals surface area contributed by atoms with Crippen molar-refractivity contribution in [3.63, 3.8) is 0 Å². The van der Waals surface area contributed by atoms with Gasteiger partial charge in [0.25, 0.3) is 0 Å². The summed E-state index contributed by atoms with van der Waals surface area (Å²) >= 11 is 0. The standard InChI is InChI=1S/C15H26N2/c1-10-7-11(2)14(5)15(13(10)4)9-17(6)12(3)8-16/h7,12H,8-9,16H2,1-6H3. The number of hydrogen-bond acceptors (Lipinski definition) is 2. The fraction of sp³-hybridized carbons (Fsp3) is 0.600. The van der Waals surface area contributed by atoms with Crippen molar-refractivity contribution in [2.75, 3.05) is 13.6 Å². The maximum atomic E-state index is 5.72. The minimum Gasteiger partial charge on any atom is -0.329 e. The van der Waals surface area contributed by atoms with E-state index >= 15 is 0 Å². The molecular weight excluding hydrogens is 208 g/mol. The number of rotatable bonds is 4. The molecule has 0 radical (unpaired) electrons. The van der Waals surface area contributed by atoms with Gasteiger partial charge in [-0.15, -0.1) is 0 Å². The van der Waals surface area contributed by atoms with Crippen LogP contribution < -0.4 is 5.73 Å². The summed E-state index contributed by atoms with van der Waals surface area (Å²) in [6.07, 6.45) is 0. The Morgan fingerprint density at radius 1 is 1.12 bits per heavy atom. The third kappa shape index (κ3) is 3.08. The Hall–Kier alpha value is -0.860. The van der Waals surface area contributed by atoms with E-state index in [4.69, 9.17) is 5.73 Å². The van der Waals surface area contributed by atoms with Gasteiger partial charge in [0.1, 0.15) is 0 Å². The summed E-state index contributed by atoms with van der Waals surface area (Å²) in [5.41, 5.74) is 12.8. The average molecular weight is 234 g/mol. The zero-order valence-electron chi connectivity index (χ0n) is 12.1. The van der Waals surface area contributed by atoms with Crippen molar-refractivity contribution in [1.82, 2.24) is 4.90 Å². The molecule has 0 saturated carbocycles. The molecule has 96 valence electrons. The van der Waals surface area contributed by atoms with E-state index in [1.807, 2.05) is 0 Å². The SMILES string of the molecule is Cc1cc(C)c(C)c(CN(C)C(C)CN)c1C. The van der Waals surface area contributed by atoms with Crippen LogP contribution in [0, 0.1) is 27.7 Å². The Balaban J connectivity index is 3.06. The molecule has 0 aliphatic heterocycles. The lowest BCUT2D eigenvalue weighted by Gasteiger charge is -2.26. The highest BCUT2D eigenvalue weighted by Crippen LogP contribution is 2.23. The van der Waals surface area contributed by atoms with E-state index in [1.165, 1.54) is 27.8 Å². The third-order valence-corrected chi connectivity index (χ3v) is 4.02. The molecule has 1 unspecified atom stereocenters. The fourth-order valence-electron chi connectivity index (χ4n) is 2.12. The average Bonchev–Trinajstić information content (AvgIpc) is 2.30. The first-order valence-electron chi connectivity index (χ1n) is 6.35. The van der Waals surface area contributed by atoms with E-state index in [0.717, 1.165) is 6.54 Å². The van der Waals surface area contributed by atoms with Gasteiger partial charge in [-0.05, 0) is 69.5 Å². The van der Waals surface area contributed by atoms with Gasteiger partial charge < -0.3 is 5.73 Å². The zero-order valence-corrected chi connectivity index (χ0v) is 12.1. The molecule has 2 nitrogen and oxygen atoms in total.